The molecule has 0 saturated heterocycles. The number of benzene rings is 2. The smallest absolute Gasteiger partial charge is 0.0231 e. The molecule has 2 aromatic rings. The molecule has 2 rings (SSSR count). The summed E-state index contributed by atoms with van der Waals surface area (Å²) < 4.78 is 1.14. The average molecular weight is 333 g/mol. The lowest BCUT2D eigenvalue weighted by Crippen LogP contribution is -2.21. The Hall–Kier alpha value is -1.16. The zero-order valence-electron chi connectivity index (χ0n) is 11.8. The second-order valence-electron chi connectivity index (χ2n) is 5.09. The van der Waals surface area contributed by atoms with E-state index in [1.165, 1.54) is 16.7 Å². The minimum atomic E-state index is 0.617. The number of nitrogens with zero attached hydrogens (tertiary/aromatic N) is 1. The molecule has 0 saturated carbocycles. The molecule has 0 aliphatic rings. The van der Waals surface area contributed by atoms with Crippen LogP contribution < -0.4 is 5.73 Å². The van der Waals surface area contributed by atoms with Crippen molar-refractivity contribution in [2.24, 2.45) is 5.73 Å². The van der Waals surface area contributed by atoms with Gasteiger partial charge in [0, 0.05) is 24.1 Å². The lowest BCUT2D eigenvalue weighted by atomic mass is 10.0. The third-order valence-corrected chi connectivity index (χ3v) is 3.94. The van der Waals surface area contributed by atoms with Crippen LogP contribution in [0.15, 0.2) is 53.0 Å². The summed E-state index contributed by atoms with van der Waals surface area (Å²) in [4.78, 5) is 2.34. The molecule has 0 radical (unpaired) electrons. The summed E-state index contributed by atoms with van der Waals surface area (Å²) in [5, 5.41) is 0. The fraction of sp³-hybridized carbons (Fsp3) is 0.294. The Balaban J connectivity index is 1.90. The lowest BCUT2D eigenvalue weighted by Gasteiger charge is -2.18. The van der Waals surface area contributed by atoms with E-state index < -0.39 is 0 Å². The Morgan fingerprint density at radius 1 is 1.05 bits per heavy atom. The molecule has 2 nitrogen and oxygen atoms in total. The summed E-state index contributed by atoms with van der Waals surface area (Å²) in [7, 11) is 2.16. The number of hydrogen-bond acceptors (Lipinski definition) is 2. The van der Waals surface area contributed by atoms with Crippen LogP contribution in [0.25, 0.3) is 0 Å². The van der Waals surface area contributed by atoms with Gasteiger partial charge < -0.3 is 10.6 Å². The fourth-order valence-electron chi connectivity index (χ4n) is 2.34. The molecule has 0 heterocycles. The number of rotatable bonds is 6. The van der Waals surface area contributed by atoms with E-state index in [1.54, 1.807) is 0 Å². The van der Waals surface area contributed by atoms with Crippen LogP contribution in [0, 0.1) is 0 Å². The molecule has 0 aliphatic carbocycles. The second-order valence-corrected chi connectivity index (χ2v) is 6.01. The van der Waals surface area contributed by atoms with E-state index in [1.807, 2.05) is 0 Å². The van der Waals surface area contributed by atoms with Gasteiger partial charge in [-0.25, -0.2) is 0 Å². The van der Waals surface area contributed by atoms with Gasteiger partial charge in [0.2, 0.25) is 0 Å². The first-order chi connectivity index (χ1) is 9.69. The molecule has 0 unspecified atom stereocenters. The van der Waals surface area contributed by atoms with Gasteiger partial charge >= 0.3 is 0 Å². The third kappa shape index (κ3) is 4.44. The predicted octanol–water partition coefficient (Wildman–Crippen LogP) is 3.58. The molecule has 0 bridgehead atoms. The highest BCUT2D eigenvalue weighted by molar-refractivity contribution is 9.10. The summed E-state index contributed by atoms with van der Waals surface area (Å²) in [5.41, 5.74) is 9.72. The molecular formula is C17H21BrN2. The van der Waals surface area contributed by atoms with Gasteiger partial charge in [-0.15, -0.1) is 0 Å². The van der Waals surface area contributed by atoms with Crippen LogP contribution in [0.3, 0.4) is 0 Å². The van der Waals surface area contributed by atoms with Crippen molar-refractivity contribution in [3.63, 3.8) is 0 Å². The van der Waals surface area contributed by atoms with Crippen molar-refractivity contribution in [3.8, 4) is 0 Å². The van der Waals surface area contributed by atoms with Gasteiger partial charge in [-0.3, -0.25) is 0 Å². The zero-order valence-corrected chi connectivity index (χ0v) is 13.4. The van der Waals surface area contributed by atoms with E-state index in [9.17, 15) is 0 Å². The Bertz CT molecular complexity index is 554. The van der Waals surface area contributed by atoms with Crippen molar-refractivity contribution in [1.29, 1.82) is 0 Å². The monoisotopic (exact) mass is 332 g/mol. The highest BCUT2D eigenvalue weighted by Gasteiger charge is 2.04. The summed E-state index contributed by atoms with van der Waals surface area (Å²) in [6, 6.07) is 16.9. The van der Waals surface area contributed by atoms with Gasteiger partial charge in [0.05, 0.1) is 0 Å². The molecule has 2 aromatic carbocycles. The molecule has 2 N–H and O–H groups in total. The van der Waals surface area contributed by atoms with Crippen LogP contribution in [0.2, 0.25) is 0 Å². The number of likely N-dealkylation sites (N-methyl/N-ethyl adjacent to an activating group) is 1. The molecule has 0 aromatic heterocycles. The molecule has 106 valence electrons. The van der Waals surface area contributed by atoms with Crippen LogP contribution in [0.1, 0.15) is 16.7 Å². The van der Waals surface area contributed by atoms with E-state index in [0.29, 0.717) is 6.54 Å². The Morgan fingerprint density at radius 3 is 2.50 bits per heavy atom. The number of hydrogen-bond donors (Lipinski definition) is 1. The second kappa shape index (κ2) is 7.58. The summed E-state index contributed by atoms with van der Waals surface area (Å²) in [6.45, 7) is 2.61. The summed E-state index contributed by atoms with van der Waals surface area (Å²) >= 11 is 3.51. The third-order valence-electron chi connectivity index (χ3n) is 3.44. The quantitative estimate of drug-likeness (QED) is 0.875. The topological polar surface area (TPSA) is 29.3 Å². The SMILES string of the molecule is CN(CCc1ccccc1CN)Cc1cccc(Br)c1. The molecule has 0 amide bonds. The summed E-state index contributed by atoms with van der Waals surface area (Å²) in [6.07, 6.45) is 1.04. The molecular weight excluding hydrogens is 312 g/mol. The Morgan fingerprint density at radius 2 is 1.80 bits per heavy atom. The van der Waals surface area contributed by atoms with Gasteiger partial charge in [-0.2, -0.15) is 0 Å². The normalized spacial score (nSPS) is 11.0. The predicted molar refractivity (Wildman–Crippen MR) is 88.5 cm³/mol. The molecule has 0 spiro atoms. The largest absolute Gasteiger partial charge is 0.326 e. The van der Waals surface area contributed by atoms with Crippen molar-refractivity contribution >= 4 is 15.9 Å². The van der Waals surface area contributed by atoms with Gasteiger partial charge in [-0.05, 0) is 42.3 Å². The van der Waals surface area contributed by atoms with Crippen molar-refractivity contribution in [2.75, 3.05) is 13.6 Å². The van der Waals surface area contributed by atoms with Crippen LogP contribution in [-0.4, -0.2) is 18.5 Å². The minimum absolute atomic E-state index is 0.617. The van der Waals surface area contributed by atoms with Crippen molar-refractivity contribution in [1.82, 2.24) is 4.90 Å². The van der Waals surface area contributed by atoms with E-state index >= 15 is 0 Å². The first kappa shape index (κ1) is 15.2. The number of nitrogens with two attached hydrogens (primary N) is 1. The van der Waals surface area contributed by atoms with Crippen LogP contribution in [0.5, 0.6) is 0 Å². The van der Waals surface area contributed by atoms with Crippen molar-refractivity contribution in [2.45, 2.75) is 19.5 Å². The zero-order chi connectivity index (χ0) is 14.4. The summed E-state index contributed by atoms with van der Waals surface area (Å²) in [5.74, 6) is 0. The maximum Gasteiger partial charge on any atom is 0.0231 e. The van der Waals surface area contributed by atoms with Crippen LogP contribution in [0.4, 0.5) is 0 Å². The highest BCUT2D eigenvalue weighted by atomic mass is 79.9. The average Bonchev–Trinajstić information content (AvgIpc) is 2.45. The van der Waals surface area contributed by atoms with E-state index in [4.69, 9.17) is 5.73 Å². The van der Waals surface area contributed by atoms with Crippen LogP contribution >= 0.6 is 15.9 Å². The lowest BCUT2D eigenvalue weighted by molar-refractivity contribution is 0.331. The van der Waals surface area contributed by atoms with Crippen molar-refractivity contribution in [3.05, 3.63) is 69.7 Å². The first-order valence-electron chi connectivity index (χ1n) is 6.89. The van der Waals surface area contributed by atoms with Gasteiger partial charge in [0.1, 0.15) is 0 Å². The first-order valence-corrected chi connectivity index (χ1v) is 7.68. The van der Waals surface area contributed by atoms with Gasteiger partial charge in [-0.1, -0.05) is 52.3 Å². The molecule has 3 heteroatoms. The van der Waals surface area contributed by atoms with E-state index in [2.05, 4.69) is 76.4 Å². The highest BCUT2D eigenvalue weighted by Crippen LogP contribution is 2.14. The molecule has 20 heavy (non-hydrogen) atoms. The fourth-order valence-corrected chi connectivity index (χ4v) is 2.78. The minimum Gasteiger partial charge on any atom is -0.326 e. The Kier molecular flexibility index (Phi) is 5.77. The van der Waals surface area contributed by atoms with E-state index in [-0.39, 0.29) is 0 Å². The maximum atomic E-state index is 5.78. The van der Waals surface area contributed by atoms with Gasteiger partial charge in [0.25, 0.3) is 0 Å². The van der Waals surface area contributed by atoms with Crippen LogP contribution in [-0.2, 0) is 19.5 Å². The molecule has 0 atom stereocenters. The Labute approximate surface area is 129 Å². The number of halogens is 1. The van der Waals surface area contributed by atoms with Gasteiger partial charge in [0.15, 0.2) is 0 Å². The van der Waals surface area contributed by atoms with E-state index in [0.717, 1.165) is 24.0 Å². The standard InChI is InChI=1S/C17H21BrN2/c1-20(13-14-5-4-8-17(18)11-14)10-9-15-6-2-3-7-16(15)12-19/h2-8,11H,9-10,12-13,19H2,1H3. The molecule has 0 fully saturated rings. The molecule has 0 aliphatic heterocycles. The maximum absolute atomic E-state index is 5.78. The van der Waals surface area contributed by atoms with Crippen molar-refractivity contribution < 1.29 is 0 Å².